The lowest BCUT2D eigenvalue weighted by atomic mass is 10.1. The largest absolute Gasteiger partial charge is 0.445 e. The topological polar surface area (TPSA) is 69.6 Å². The second-order valence-electron chi connectivity index (χ2n) is 4.18. The summed E-state index contributed by atoms with van der Waals surface area (Å²) in [6.07, 6.45) is -1.37. The van der Waals surface area contributed by atoms with Crippen molar-refractivity contribution in [3.8, 4) is 16.3 Å². The molecule has 2 heterocycles. The zero-order chi connectivity index (χ0) is 15.0. The highest BCUT2D eigenvalue weighted by Gasteiger charge is 2.35. The van der Waals surface area contributed by atoms with Gasteiger partial charge in [0, 0.05) is 17.4 Å². The number of halogens is 3. The van der Waals surface area contributed by atoms with Gasteiger partial charge in [-0.25, -0.2) is 4.68 Å². The third-order valence-corrected chi connectivity index (χ3v) is 3.64. The third-order valence-electron chi connectivity index (χ3n) is 2.68. The molecule has 5 nitrogen and oxygen atoms in total. The van der Waals surface area contributed by atoms with Crippen molar-refractivity contribution in [3.05, 3.63) is 41.7 Å². The van der Waals surface area contributed by atoms with Crippen LogP contribution in [0.3, 0.4) is 0 Å². The molecule has 0 spiro atoms. The number of aromatic nitrogens is 4. The quantitative estimate of drug-likeness (QED) is 0.739. The average Bonchev–Trinajstić information content (AvgIpc) is 3.07. The van der Waals surface area contributed by atoms with Crippen molar-refractivity contribution >= 4 is 17.0 Å². The molecular formula is C12H8F3N5S. The minimum atomic E-state index is -4.50. The van der Waals surface area contributed by atoms with Gasteiger partial charge in [0.1, 0.15) is 0 Å². The standard InChI is InChI=1S/C12H8F3N5S/c13-12(14,15)10-18-19-11(21-10)20-6-8(5-17-20)7-1-3-9(16)4-2-7/h1-6H,16H2. The highest BCUT2D eigenvalue weighted by atomic mass is 32.1. The number of hydrogen-bond acceptors (Lipinski definition) is 5. The van der Waals surface area contributed by atoms with Crippen molar-refractivity contribution < 1.29 is 13.2 Å². The molecule has 0 unspecified atom stereocenters. The van der Waals surface area contributed by atoms with E-state index < -0.39 is 11.2 Å². The van der Waals surface area contributed by atoms with Gasteiger partial charge in [0.15, 0.2) is 0 Å². The van der Waals surface area contributed by atoms with E-state index in [-0.39, 0.29) is 5.13 Å². The van der Waals surface area contributed by atoms with E-state index in [0.29, 0.717) is 17.0 Å². The van der Waals surface area contributed by atoms with Crippen LogP contribution >= 0.6 is 11.3 Å². The number of benzene rings is 1. The Bertz CT molecular complexity index is 760. The van der Waals surface area contributed by atoms with Crippen LogP contribution in [0, 0.1) is 0 Å². The molecule has 0 aliphatic heterocycles. The predicted octanol–water partition coefficient (Wildman–Crippen LogP) is 2.99. The maximum Gasteiger partial charge on any atom is 0.445 e. The number of nitrogen functional groups attached to an aromatic ring is 1. The summed E-state index contributed by atoms with van der Waals surface area (Å²) in [6.45, 7) is 0. The molecule has 0 atom stereocenters. The summed E-state index contributed by atoms with van der Waals surface area (Å²) in [5.41, 5.74) is 7.84. The molecule has 1 aromatic carbocycles. The smallest absolute Gasteiger partial charge is 0.399 e. The van der Waals surface area contributed by atoms with Gasteiger partial charge in [-0.1, -0.05) is 23.5 Å². The van der Waals surface area contributed by atoms with Crippen LogP contribution in [0.25, 0.3) is 16.3 Å². The van der Waals surface area contributed by atoms with Gasteiger partial charge in [-0.05, 0) is 17.7 Å². The molecule has 108 valence electrons. The summed E-state index contributed by atoms with van der Waals surface area (Å²) in [6, 6.07) is 7.08. The average molecular weight is 311 g/mol. The Balaban J connectivity index is 1.91. The van der Waals surface area contributed by atoms with Crippen molar-refractivity contribution in [1.82, 2.24) is 20.0 Å². The molecule has 3 aromatic rings. The van der Waals surface area contributed by atoms with Gasteiger partial charge in [0.05, 0.1) is 6.20 Å². The minimum Gasteiger partial charge on any atom is -0.399 e. The van der Waals surface area contributed by atoms with Gasteiger partial charge in [-0.15, -0.1) is 10.2 Å². The summed E-state index contributed by atoms with van der Waals surface area (Å²) in [4.78, 5) is 0. The molecular weight excluding hydrogens is 303 g/mol. The van der Waals surface area contributed by atoms with Crippen LogP contribution < -0.4 is 5.73 Å². The molecule has 2 aromatic heterocycles. The molecule has 0 bridgehead atoms. The lowest BCUT2D eigenvalue weighted by Crippen LogP contribution is -2.03. The van der Waals surface area contributed by atoms with E-state index in [0.717, 1.165) is 11.1 Å². The van der Waals surface area contributed by atoms with Crippen LogP contribution in [0.15, 0.2) is 36.7 Å². The molecule has 21 heavy (non-hydrogen) atoms. The zero-order valence-corrected chi connectivity index (χ0v) is 11.2. The molecule has 0 saturated carbocycles. The molecule has 3 rings (SSSR count). The molecule has 2 N–H and O–H groups in total. The van der Waals surface area contributed by atoms with Crippen molar-refractivity contribution in [3.63, 3.8) is 0 Å². The maximum atomic E-state index is 12.5. The van der Waals surface area contributed by atoms with Crippen LogP contribution in [0.4, 0.5) is 18.9 Å². The van der Waals surface area contributed by atoms with E-state index >= 15 is 0 Å². The summed E-state index contributed by atoms with van der Waals surface area (Å²) in [7, 11) is 0. The lowest BCUT2D eigenvalue weighted by Gasteiger charge is -1.98. The van der Waals surface area contributed by atoms with E-state index in [1.165, 1.54) is 4.68 Å². The van der Waals surface area contributed by atoms with Crippen molar-refractivity contribution in [2.75, 3.05) is 5.73 Å². The minimum absolute atomic E-state index is 0.0593. The van der Waals surface area contributed by atoms with Crippen molar-refractivity contribution in [2.45, 2.75) is 6.18 Å². The first-order valence-corrected chi connectivity index (χ1v) is 6.57. The first-order valence-electron chi connectivity index (χ1n) is 5.75. The van der Waals surface area contributed by atoms with Crippen LogP contribution in [-0.2, 0) is 6.18 Å². The fraction of sp³-hybridized carbons (Fsp3) is 0.0833. The summed E-state index contributed by atoms with van der Waals surface area (Å²) < 4.78 is 38.7. The molecule has 9 heteroatoms. The third kappa shape index (κ3) is 2.72. The van der Waals surface area contributed by atoms with Gasteiger partial charge in [-0.3, -0.25) is 0 Å². The number of nitrogens with two attached hydrogens (primary N) is 1. The SMILES string of the molecule is Nc1ccc(-c2cnn(-c3nnc(C(F)(F)F)s3)c2)cc1. The highest BCUT2D eigenvalue weighted by Crippen LogP contribution is 2.32. The van der Waals surface area contributed by atoms with Crippen LogP contribution in [-0.4, -0.2) is 20.0 Å². The molecule has 0 aliphatic rings. The van der Waals surface area contributed by atoms with Gasteiger partial charge in [0.25, 0.3) is 0 Å². The first-order chi connectivity index (χ1) is 9.93. The molecule has 0 aliphatic carbocycles. The first kappa shape index (κ1) is 13.6. The van der Waals surface area contributed by atoms with E-state index in [4.69, 9.17) is 5.73 Å². The fourth-order valence-electron chi connectivity index (χ4n) is 1.67. The van der Waals surface area contributed by atoms with Gasteiger partial charge in [0.2, 0.25) is 10.1 Å². The number of hydrogen-bond donors (Lipinski definition) is 1. The Kier molecular flexibility index (Phi) is 3.13. The molecule has 0 saturated heterocycles. The molecule has 0 amide bonds. The van der Waals surface area contributed by atoms with E-state index in [2.05, 4.69) is 15.3 Å². The zero-order valence-electron chi connectivity index (χ0n) is 10.4. The Labute approximate surface area is 120 Å². The maximum absolute atomic E-state index is 12.5. The van der Waals surface area contributed by atoms with Crippen LogP contribution in [0.2, 0.25) is 0 Å². The van der Waals surface area contributed by atoms with Crippen LogP contribution in [0.5, 0.6) is 0 Å². The lowest BCUT2D eigenvalue weighted by molar-refractivity contribution is -0.138. The van der Waals surface area contributed by atoms with Gasteiger partial charge in [-0.2, -0.15) is 18.3 Å². The Morgan fingerprint density at radius 1 is 1.05 bits per heavy atom. The predicted molar refractivity (Wildman–Crippen MR) is 71.9 cm³/mol. The number of rotatable bonds is 2. The number of anilines is 1. The highest BCUT2D eigenvalue weighted by molar-refractivity contribution is 7.13. The Morgan fingerprint density at radius 2 is 1.76 bits per heavy atom. The Morgan fingerprint density at radius 3 is 2.38 bits per heavy atom. The van der Waals surface area contributed by atoms with Crippen molar-refractivity contribution in [1.29, 1.82) is 0 Å². The second kappa shape index (κ2) is 4.85. The van der Waals surface area contributed by atoms with Gasteiger partial charge >= 0.3 is 6.18 Å². The summed E-state index contributed by atoms with van der Waals surface area (Å²) in [5.74, 6) is 0. The van der Waals surface area contributed by atoms with Crippen LogP contribution in [0.1, 0.15) is 5.01 Å². The summed E-state index contributed by atoms with van der Waals surface area (Å²) >= 11 is 0.437. The van der Waals surface area contributed by atoms with E-state index in [1.807, 2.05) is 0 Å². The van der Waals surface area contributed by atoms with Crippen molar-refractivity contribution in [2.24, 2.45) is 0 Å². The molecule has 0 fully saturated rings. The van der Waals surface area contributed by atoms with E-state index in [9.17, 15) is 13.2 Å². The number of nitrogens with zero attached hydrogens (tertiary/aromatic N) is 4. The van der Waals surface area contributed by atoms with Gasteiger partial charge < -0.3 is 5.73 Å². The fourth-order valence-corrected chi connectivity index (χ4v) is 2.32. The Hall–Kier alpha value is -2.42. The molecule has 0 radical (unpaired) electrons. The normalized spacial score (nSPS) is 11.8. The van der Waals surface area contributed by atoms with E-state index in [1.54, 1.807) is 36.7 Å². The monoisotopic (exact) mass is 311 g/mol. The summed E-state index contributed by atoms with van der Waals surface area (Å²) in [5, 5.41) is 9.69. The number of alkyl halides is 3. The second-order valence-corrected chi connectivity index (χ2v) is 5.14.